The van der Waals surface area contributed by atoms with E-state index < -0.39 is 10.4 Å². The van der Waals surface area contributed by atoms with E-state index in [1.165, 1.54) is 19.4 Å². The largest absolute Gasteiger partial charge is 1.00 e. The van der Waals surface area contributed by atoms with Crippen molar-refractivity contribution in [1.82, 2.24) is 9.80 Å². The van der Waals surface area contributed by atoms with Crippen LogP contribution in [0.5, 0.6) is 0 Å². The maximum Gasteiger partial charge on any atom is 1.00 e. The van der Waals surface area contributed by atoms with Gasteiger partial charge in [0.25, 0.3) is 0 Å². The fourth-order valence-corrected chi connectivity index (χ4v) is 1.10. The van der Waals surface area contributed by atoms with Gasteiger partial charge in [0.2, 0.25) is 10.4 Å². The standard InChI is InChI=1S/C8H16N2.H2O4S/c1-3-4-5-10-7-6-9(2)8-10;1-5(2,3)4/h6-7H,3-5,8H2,1-2H3;(H2,1,2,3,4). The molecule has 0 fully saturated rings. The summed E-state index contributed by atoms with van der Waals surface area (Å²) in [6.07, 6.45) is 6.87. The van der Waals surface area contributed by atoms with Gasteiger partial charge in [0.05, 0.1) is 6.67 Å². The zero-order valence-corrected chi connectivity index (χ0v) is 9.77. The molecule has 1 aliphatic rings. The number of rotatable bonds is 3. The number of hydrogen-bond acceptors (Lipinski definition) is 5. The lowest BCUT2D eigenvalue weighted by Crippen LogP contribution is -2.23. The van der Waals surface area contributed by atoms with Gasteiger partial charge in [0, 0.05) is 26.0 Å². The fraction of sp³-hybridized carbons (Fsp3) is 0.750. The third-order valence-electron chi connectivity index (χ3n) is 1.74. The molecular formula is C8H18N2O4S. The molecule has 15 heavy (non-hydrogen) atoms. The Bertz CT molecular complexity index is 286. The minimum absolute atomic E-state index is 0. The molecule has 0 aromatic heterocycles. The number of nitrogens with zero attached hydrogens (tertiary/aromatic N) is 2. The van der Waals surface area contributed by atoms with Crippen molar-refractivity contribution in [3.63, 3.8) is 0 Å². The van der Waals surface area contributed by atoms with E-state index in [4.69, 9.17) is 17.5 Å². The minimum atomic E-state index is -4.92. The summed E-state index contributed by atoms with van der Waals surface area (Å²) < 4.78 is 32.8. The second kappa shape index (κ2) is 6.65. The van der Waals surface area contributed by atoms with E-state index in [9.17, 15) is 0 Å². The van der Waals surface area contributed by atoms with Gasteiger partial charge in [-0.05, 0) is 6.42 Å². The first-order valence-corrected chi connectivity index (χ1v) is 6.00. The minimum Gasteiger partial charge on any atom is -0.726 e. The van der Waals surface area contributed by atoms with Gasteiger partial charge in [-0.1, -0.05) is 13.3 Å². The molecule has 1 rings (SSSR count). The predicted octanol–water partition coefficient (Wildman–Crippen LogP) is 0.580. The van der Waals surface area contributed by atoms with Gasteiger partial charge >= 0.3 is 1.43 Å². The van der Waals surface area contributed by atoms with Gasteiger partial charge in [-0.15, -0.1) is 0 Å². The summed E-state index contributed by atoms with van der Waals surface area (Å²) in [5.41, 5.74) is 0. The Morgan fingerprint density at radius 3 is 2.40 bits per heavy atom. The summed E-state index contributed by atoms with van der Waals surface area (Å²) in [5, 5.41) is 0. The molecular weight excluding hydrogens is 220 g/mol. The Kier molecular flexibility index (Phi) is 6.30. The van der Waals surface area contributed by atoms with Crippen molar-refractivity contribution in [3.05, 3.63) is 12.4 Å². The summed E-state index contributed by atoms with van der Waals surface area (Å²) in [7, 11) is -2.82. The quantitative estimate of drug-likeness (QED) is 0.572. The Labute approximate surface area is 92.2 Å². The topological polar surface area (TPSA) is 83.9 Å². The summed E-state index contributed by atoms with van der Waals surface area (Å²) in [6, 6.07) is 0. The molecule has 0 aliphatic carbocycles. The maximum atomic E-state index is 8.63. The van der Waals surface area contributed by atoms with Crippen molar-refractivity contribution in [2.45, 2.75) is 19.8 Å². The second-order valence-electron chi connectivity index (χ2n) is 3.29. The molecule has 0 radical (unpaired) electrons. The molecule has 0 bridgehead atoms. The lowest BCUT2D eigenvalue weighted by molar-refractivity contribution is 0.293. The molecule has 1 N–H and O–H groups in total. The molecule has 0 spiro atoms. The fourth-order valence-electron chi connectivity index (χ4n) is 1.10. The summed E-state index contributed by atoms with van der Waals surface area (Å²) in [5.74, 6) is 0. The SMILES string of the molecule is CCCCN1C=CN(C)C1.O=S(=O)([O-])O.[H+]. The monoisotopic (exact) mass is 238 g/mol. The highest BCUT2D eigenvalue weighted by Crippen LogP contribution is 2.04. The lowest BCUT2D eigenvalue weighted by Gasteiger charge is -2.17. The van der Waals surface area contributed by atoms with Crippen molar-refractivity contribution in [2.75, 3.05) is 20.3 Å². The van der Waals surface area contributed by atoms with Gasteiger partial charge in [-0.3, -0.25) is 4.55 Å². The highest BCUT2D eigenvalue weighted by molar-refractivity contribution is 7.79. The van der Waals surface area contributed by atoms with E-state index in [0.717, 1.165) is 6.67 Å². The third kappa shape index (κ3) is 11.1. The van der Waals surface area contributed by atoms with Crippen molar-refractivity contribution >= 4 is 10.4 Å². The van der Waals surface area contributed by atoms with Crippen LogP contribution in [0, 0.1) is 0 Å². The van der Waals surface area contributed by atoms with Crippen LogP contribution >= 0.6 is 0 Å². The molecule has 0 atom stereocenters. The zero-order valence-electron chi connectivity index (χ0n) is 9.96. The zero-order chi connectivity index (χ0) is 11.9. The third-order valence-corrected chi connectivity index (χ3v) is 1.74. The second-order valence-corrected chi connectivity index (χ2v) is 4.15. The van der Waals surface area contributed by atoms with Crippen LogP contribution in [0.3, 0.4) is 0 Å². The lowest BCUT2D eigenvalue weighted by atomic mass is 10.3. The van der Waals surface area contributed by atoms with Gasteiger partial charge in [0.15, 0.2) is 0 Å². The van der Waals surface area contributed by atoms with E-state index in [0.29, 0.717) is 0 Å². The Balaban J connectivity index is 0. The molecule has 0 saturated heterocycles. The van der Waals surface area contributed by atoms with Crippen molar-refractivity contribution in [2.24, 2.45) is 0 Å². The van der Waals surface area contributed by atoms with Gasteiger partial charge in [0.1, 0.15) is 0 Å². The summed E-state index contributed by atoms with van der Waals surface area (Å²) in [6.45, 7) is 4.50. The van der Waals surface area contributed by atoms with Crippen molar-refractivity contribution in [1.29, 1.82) is 0 Å². The number of unbranched alkanes of at least 4 members (excludes halogenated alkanes) is 1. The van der Waals surface area contributed by atoms with Gasteiger partial charge in [-0.25, -0.2) is 8.42 Å². The summed E-state index contributed by atoms with van der Waals surface area (Å²) >= 11 is 0. The molecule has 1 heterocycles. The van der Waals surface area contributed by atoms with Crippen LogP contribution in [0.4, 0.5) is 0 Å². The molecule has 0 unspecified atom stereocenters. The molecule has 0 aromatic rings. The van der Waals surface area contributed by atoms with E-state index in [1.54, 1.807) is 0 Å². The average Bonchev–Trinajstić information content (AvgIpc) is 2.45. The molecule has 0 saturated carbocycles. The Hall–Kier alpha value is -0.790. The maximum absolute atomic E-state index is 8.63. The first-order chi connectivity index (χ1) is 6.83. The van der Waals surface area contributed by atoms with E-state index in [1.807, 2.05) is 0 Å². The Morgan fingerprint density at radius 2 is 2.07 bits per heavy atom. The van der Waals surface area contributed by atoms with Crippen molar-refractivity contribution in [3.8, 4) is 0 Å². The molecule has 90 valence electrons. The summed E-state index contributed by atoms with van der Waals surface area (Å²) in [4.78, 5) is 4.53. The first kappa shape index (κ1) is 14.2. The smallest absolute Gasteiger partial charge is 0.726 e. The van der Waals surface area contributed by atoms with Crippen LogP contribution < -0.4 is 0 Å². The Morgan fingerprint density at radius 1 is 1.53 bits per heavy atom. The van der Waals surface area contributed by atoms with Crippen molar-refractivity contribution < 1.29 is 18.9 Å². The molecule has 7 heteroatoms. The van der Waals surface area contributed by atoms with E-state index >= 15 is 0 Å². The highest BCUT2D eigenvalue weighted by Gasteiger charge is 2.05. The van der Waals surface area contributed by atoms with Crippen LogP contribution in [-0.2, 0) is 10.4 Å². The normalized spacial score (nSPS) is 15.2. The van der Waals surface area contributed by atoms with Gasteiger partial charge < -0.3 is 14.4 Å². The molecule has 0 aromatic carbocycles. The molecule has 0 amide bonds. The first-order valence-electron chi connectivity index (χ1n) is 4.64. The number of hydrogen-bond donors (Lipinski definition) is 1. The van der Waals surface area contributed by atoms with Crippen LogP contribution in [0.2, 0.25) is 0 Å². The molecule has 6 nitrogen and oxygen atoms in total. The average molecular weight is 238 g/mol. The van der Waals surface area contributed by atoms with E-state index in [-0.39, 0.29) is 1.43 Å². The van der Waals surface area contributed by atoms with Gasteiger partial charge in [-0.2, -0.15) is 0 Å². The van der Waals surface area contributed by atoms with Crippen LogP contribution in [0.15, 0.2) is 12.4 Å². The van der Waals surface area contributed by atoms with Crippen LogP contribution in [0.25, 0.3) is 0 Å². The van der Waals surface area contributed by atoms with E-state index in [2.05, 4.69) is 36.2 Å². The highest BCUT2D eigenvalue weighted by atomic mass is 32.3. The van der Waals surface area contributed by atoms with Crippen LogP contribution in [-0.4, -0.2) is 47.6 Å². The van der Waals surface area contributed by atoms with Crippen LogP contribution in [0.1, 0.15) is 21.2 Å². The predicted molar refractivity (Wildman–Crippen MR) is 56.8 cm³/mol. The molecule has 1 aliphatic heterocycles.